The van der Waals surface area contributed by atoms with Crippen LogP contribution in [0.1, 0.15) is 12.0 Å². The number of hydrogen-bond acceptors (Lipinski definition) is 5. The number of benzene rings is 1. The van der Waals surface area contributed by atoms with Crippen molar-refractivity contribution in [1.82, 2.24) is 0 Å². The molecule has 3 rings (SSSR count). The van der Waals surface area contributed by atoms with Gasteiger partial charge in [-0.05, 0) is 24.1 Å². The largest absolute Gasteiger partial charge is 0.493 e. The summed E-state index contributed by atoms with van der Waals surface area (Å²) in [7, 11) is 1.60. The van der Waals surface area contributed by atoms with Crippen molar-refractivity contribution >= 4 is 5.97 Å². The lowest BCUT2D eigenvalue weighted by molar-refractivity contribution is -0.137. The molecular weight excluding hydrogens is 236 g/mol. The van der Waals surface area contributed by atoms with Crippen LogP contribution >= 0.6 is 0 Å². The van der Waals surface area contributed by atoms with E-state index in [0.29, 0.717) is 30.3 Å². The van der Waals surface area contributed by atoms with Crippen LogP contribution in [0.2, 0.25) is 0 Å². The van der Waals surface area contributed by atoms with Gasteiger partial charge in [-0.25, -0.2) is 0 Å². The smallest absolute Gasteiger partial charge is 0.306 e. The molecule has 96 valence electrons. The van der Waals surface area contributed by atoms with E-state index in [2.05, 4.69) is 0 Å². The number of fused-ring (bicyclic) bond motifs is 1. The molecule has 0 aliphatic carbocycles. The second-order valence-corrected chi connectivity index (χ2v) is 4.49. The zero-order chi connectivity index (χ0) is 12.5. The molecule has 0 amide bonds. The molecule has 0 saturated carbocycles. The Kier molecular flexibility index (Phi) is 2.74. The van der Waals surface area contributed by atoms with Crippen LogP contribution < -0.4 is 14.2 Å². The van der Waals surface area contributed by atoms with Crippen molar-refractivity contribution in [1.29, 1.82) is 0 Å². The number of esters is 1. The number of carbonyl (C=O) groups is 1. The average molecular weight is 250 g/mol. The molecule has 0 spiro atoms. The third-order valence-electron chi connectivity index (χ3n) is 3.18. The third-order valence-corrected chi connectivity index (χ3v) is 3.18. The summed E-state index contributed by atoms with van der Waals surface area (Å²) in [6, 6.07) is 3.87. The fourth-order valence-electron chi connectivity index (χ4n) is 2.33. The minimum atomic E-state index is -0.118. The van der Waals surface area contributed by atoms with E-state index in [1.54, 1.807) is 7.11 Å². The fraction of sp³-hybridized carbons (Fsp3) is 0.462. The van der Waals surface area contributed by atoms with Gasteiger partial charge in [-0.2, -0.15) is 0 Å². The molecule has 2 aliphatic heterocycles. The van der Waals surface area contributed by atoms with Gasteiger partial charge in [0.2, 0.25) is 12.5 Å². The van der Waals surface area contributed by atoms with E-state index in [-0.39, 0.29) is 18.7 Å². The average Bonchev–Trinajstić information content (AvgIpc) is 2.97. The van der Waals surface area contributed by atoms with Crippen molar-refractivity contribution in [3.63, 3.8) is 0 Å². The Labute approximate surface area is 105 Å². The molecule has 0 N–H and O–H groups in total. The summed E-state index contributed by atoms with van der Waals surface area (Å²) in [6.45, 7) is 0.718. The predicted octanol–water partition coefficient (Wildman–Crippen LogP) is 1.53. The van der Waals surface area contributed by atoms with Gasteiger partial charge in [0.1, 0.15) is 0 Å². The third kappa shape index (κ3) is 1.96. The molecule has 0 radical (unpaired) electrons. The van der Waals surface area contributed by atoms with Gasteiger partial charge >= 0.3 is 5.97 Å². The summed E-state index contributed by atoms with van der Waals surface area (Å²) in [4.78, 5) is 11.1. The number of methoxy groups -OCH3 is 1. The van der Waals surface area contributed by atoms with E-state index in [0.717, 1.165) is 12.0 Å². The first-order valence-corrected chi connectivity index (χ1v) is 5.88. The number of hydrogen-bond donors (Lipinski definition) is 0. The van der Waals surface area contributed by atoms with Crippen molar-refractivity contribution in [2.45, 2.75) is 12.8 Å². The summed E-state index contributed by atoms with van der Waals surface area (Å²) in [5.74, 6) is 2.15. The van der Waals surface area contributed by atoms with E-state index in [1.165, 1.54) is 0 Å². The Morgan fingerprint density at radius 2 is 2.22 bits per heavy atom. The van der Waals surface area contributed by atoms with Crippen LogP contribution in [0.4, 0.5) is 0 Å². The van der Waals surface area contributed by atoms with Crippen molar-refractivity contribution in [3.8, 4) is 17.2 Å². The lowest BCUT2D eigenvalue weighted by atomic mass is 9.98. The maximum atomic E-state index is 11.1. The quantitative estimate of drug-likeness (QED) is 0.761. The van der Waals surface area contributed by atoms with Gasteiger partial charge in [-0.1, -0.05) is 0 Å². The zero-order valence-electron chi connectivity index (χ0n) is 10.1. The van der Waals surface area contributed by atoms with Crippen LogP contribution in [0.15, 0.2) is 12.1 Å². The monoisotopic (exact) mass is 250 g/mol. The first-order chi connectivity index (χ1) is 8.76. The second kappa shape index (κ2) is 4.40. The van der Waals surface area contributed by atoms with Gasteiger partial charge in [-0.15, -0.1) is 0 Å². The molecule has 1 saturated heterocycles. The van der Waals surface area contributed by atoms with Gasteiger partial charge in [-0.3, -0.25) is 4.79 Å². The maximum absolute atomic E-state index is 11.1. The topological polar surface area (TPSA) is 54.0 Å². The number of rotatable bonds is 3. The molecule has 0 unspecified atom stereocenters. The molecule has 1 fully saturated rings. The first-order valence-electron chi connectivity index (χ1n) is 5.88. The summed E-state index contributed by atoms with van der Waals surface area (Å²) in [5, 5.41) is 0. The Morgan fingerprint density at radius 1 is 1.33 bits per heavy atom. The molecule has 1 aromatic rings. The molecule has 18 heavy (non-hydrogen) atoms. The molecule has 0 bridgehead atoms. The molecular formula is C13H14O5. The Balaban J connectivity index is 1.82. The van der Waals surface area contributed by atoms with E-state index in [9.17, 15) is 4.79 Å². The summed E-state index contributed by atoms with van der Waals surface area (Å²) in [5.41, 5.74) is 1.07. The highest BCUT2D eigenvalue weighted by atomic mass is 16.7. The van der Waals surface area contributed by atoms with Gasteiger partial charge in [0, 0.05) is 5.92 Å². The molecule has 2 heterocycles. The van der Waals surface area contributed by atoms with Gasteiger partial charge in [0.25, 0.3) is 0 Å². The highest BCUT2D eigenvalue weighted by Crippen LogP contribution is 2.42. The summed E-state index contributed by atoms with van der Waals surface area (Å²) < 4.78 is 20.9. The molecule has 1 aromatic carbocycles. The van der Waals surface area contributed by atoms with Crippen LogP contribution in [0.3, 0.4) is 0 Å². The van der Waals surface area contributed by atoms with E-state index in [1.807, 2.05) is 12.1 Å². The standard InChI is InChI=1S/C13H14O5/c1-15-10-3-8(2-9-5-12(14)16-6-9)4-11-13(10)18-7-17-11/h3-4,9H,2,5-7H2,1H3/t9-/m1/s1. The van der Waals surface area contributed by atoms with Crippen molar-refractivity contribution in [3.05, 3.63) is 17.7 Å². The maximum Gasteiger partial charge on any atom is 0.306 e. The van der Waals surface area contributed by atoms with Crippen molar-refractivity contribution in [2.75, 3.05) is 20.5 Å². The molecule has 5 nitrogen and oxygen atoms in total. The van der Waals surface area contributed by atoms with Crippen LogP contribution in [0.5, 0.6) is 17.2 Å². The lowest BCUT2D eigenvalue weighted by Crippen LogP contribution is -2.04. The summed E-state index contributed by atoms with van der Waals surface area (Å²) in [6.07, 6.45) is 1.26. The van der Waals surface area contributed by atoms with Crippen molar-refractivity contribution in [2.24, 2.45) is 5.92 Å². The van der Waals surface area contributed by atoms with E-state index >= 15 is 0 Å². The second-order valence-electron chi connectivity index (χ2n) is 4.49. The van der Waals surface area contributed by atoms with Gasteiger partial charge in [0.15, 0.2) is 11.5 Å². The highest BCUT2D eigenvalue weighted by Gasteiger charge is 2.26. The number of cyclic esters (lactones) is 1. The van der Waals surface area contributed by atoms with E-state index in [4.69, 9.17) is 18.9 Å². The van der Waals surface area contributed by atoms with Crippen LogP contribution in [0, 0.1) is 5.92 Å². The SMILES string of the molecule is COc1cc(C[C@H]2COC(=O)C2)cc2c1OCO2. The van der Waals surface area contributed by atoms with E-state index < -0.39 is 0 Å². The fourth-order valence-corrected chi connectivity index (χ4v) is 2.33. The minimum absolute atomic E-state index is 0.118. The predicted molar refractivity (Wildman–Crippen MR) is 61.9 cm³/mol. The molecule has 1 atom stereocenters. The molecule has 0 aromatic heterocycles. The Hall–Kier alpha value is -1.91. The van der Waals surface area contributed by atoms with Crippen LogP contribution in [-0.2, 0) is 16.0 Å². The van der Waals surface area contributed by atoms with Gasteiger partial charge in [0.05, 0.1) is 20.1 Å². The normalized spacial score (nSPS) is 20.9. The highest BCUT2D eigenvalue weighted by molar-refractivity contribution is 5.71. The zero-order valence-corrected chi connectivity index (χ0v) is 10.1. The first kappa shape index (κ1) is 11.2. The van der Waals surface area contributed by atoms with Gasteiger partial charge < -0.3 is 18.9 Å². The lowest BCUT2D eigenvalue weighted by Gasteiger charge is -2.10. The number of ether oxygens (including phenoxy) is 4. The summed E-state index contributed by atoms with van der Waals surface area (Å²) >= 11 is 0. The Morgan fingerprint density at radius 3 is 2.94 bits per heavy atom. The Bertz CT molecular complexity index is 483. The molecule has 2 aliphatic rings. The minimum Gasteiger partial charge on any atom is -0.493 e. The van der Waals surface area contributed by atoms with Crippen LogP contribution in [-0.4, -0.2) is 26.5 Å². The number of carbonyl (C=O) groups excluding carboxylic acids is 1. The van der Waals surface area contributed by atoms with Crippen LogP contribution in [0.25, 0.3) is 0 Å². The van der Waals surface area contributed by atoms with Crippen molar-refractivity contribution < 1.29 is 23.7 Å². The molecule has 5 heteroatoms.